The molecule has 120 valence electrons. The molecule has 2 rings (SSSR count). The summed E-state index contributed by atoms with van der Waals surface area (Å²) in [5.74, 6) is -0.713. The number of rotatable bonds is 6. The normalized spacial score (nSPS) is 17.0. The summed E-state index contributed by atoms with van der Waals surface area (Å²) in [5, 5.41) is 9.95. The van der Waals surface area contributed by atoms with Gasteiger partial charge in [-0.1, -0.05) is 44.2 Å². The van der Waals surface area contributed by atoms with Gasteiger partial charge in [0, 0.05) is 0 Å². The van der Waals surface area contributed by atoms with Gasteiger partial charge in [0.2, 0.25) is 0 Å². The second kappa shape index (κ2) is 7.94. The lowest BCUT2D eigenvalue weighted by atomic mass is 9.85. The van der Waals surface area contributed by atoms with Crippen molar-refractivity contribution in [3.63, 3.8) is 0 Å². The van der Waals surface area contributed by atoms with Gasteiger partial charge in [0.05, 0.1) is 5.56 Å². The van der Waals surface area contributed by atoms with Crippen LogP contribution in [0.3, 0.4) is 0 Å². The number of benzene rings is 1. The number of aliphatic hydroxyl groups is 1. The van der Waals surface area contributed by atoms with E-state index < -0.39 is 18.0 Å². The number of nitrogens with two attached hydrogens (primary N) is 1. The fraction of sp³-hybridized carbons (Fsp3) is 0.529. The van der Waals surface area contributed by atoms with E-state index in [0.29, 0.717) is 12.3 Å². The number of carbonyl (C=O) groups is 2. The molecule has 0 spiro atoms. The van der Waals surface area contributed by atoms with Gasteiger partial charge in [-0.25, -0.2) is 4.79 Å². The first-order valence-corrected chi connectivity index (χ1v) is 7.86. The molecule has 1 aromatic rings. The van der Waals surface area contributed by atoms with Gasteiger partial charge in [-0.15, -0.1) is 0 Å². The predicted molar refractivity (Wildman–Crippen MR) is 82.4 cm³/mol. The van der Waals surface area contributed by atoms with Gasteiger partial charge in [-0.2, -0.15) is 0 Å². The standard InChI is InChI=1S/C17H23NO4/c18-16(20)13-8-4-5-9-15(13)22-17(21)14(19)11-10-12-6-2-1-3-7-12/h4-5,8-9,12,14,19H,1-3,6-7,10-11H2,(H2,18,20). The number of aliphatic hydroxyl groups excluding tert-OH is 1. The third-order valence-corrected chi connectivity index (χ3v) is 4.21. The Labute approximate surface area is 130 Å². The maximum absolute atomic E-state index is 11.9. The Morgan fingerprint density at radius 1 is 1.23 bits per heavy atom. The lowest BCUT2D eigenvalue weighted by Gasteiger charge is -2.22. The molecule has 0 aliphatic heterocycles. The number of para-hydroxylation sites is 1. The van der Waals surface area contributed by atoms with E-state index in [9.17, 15) is 14.7 Å². The van der Waals surface area contributed by atoms with E-state index in [1.54, 1.807) is 12.1 Å². The van der Waals surface area contributed by atoms with Crippen molar-refractivity contribution in [2.24, 2.45) is 11.7 Å². The third kappa shape index (κ3) is 4.56. The Bertz CT molecular complexity index is 523. The largest absolute Gasteiger partial charge is 0.424 e. The van der Waals surface area contributed by atoms with Crippen LogP contribution in [0, 0.1) is 5.92 Å². The van der Waals surface area contributed by atoms with Crippen LogP contribution in [0.5, 0.6) is 5.75 Å². The molecule has 0 aromatic heterocycles. The Morgan fingerprint density at radius 2 is 1.91 bits per heavy atom. The molecule has 1 unspecified atom stereocenters. The van der Waals surface area contributed by atoms with Gasteiger partial charge in [0.1, 0.15) is 5.75 Å². The first-order valence-electron chi connectivity index (χ1n) is 7.86. The highest BCUT2D eigenvalue weighted by Gasteiger charge is 2.22. The second-order valence-corrected chi connectivity index (χ2v) is 5.88. The van der Waals surface area contributed by atoms with E-state index in [-0.39, 0.29) is 11.3 Å². The quantitative estimate of drug-likeness (QED) is 0.624. The molecule has 1 amide bonds. The number of hydrogen-bond acceptors (Lipinski definition) is 4. The highest BCUT2D eigenvalue weighted by atomic mass is 16.5. The number of primary amides is 1. The van der Waals surface area contributed by atoms with Crippen LogP contribution < -0.4 is 10.5 Å². The van der Waals surface area contributed by atoms with E-state index in [4.69, 9.17) is 10.5 Å². The monoisotopic (exact) mass is 305 g/mol. The third-order valence-electron chi connectivity index (χ3n) is 4.21. The van der Waals surface area contributed by atoms with Crippen LogP contribution in [-0.4, -0.2) is 23.1 Å². The molecule has 1 fully saturated rings. The second-order valence-electron chi connectivity index (χ2n) is 5.88. The summed E-state index contributed by atoms with van der Waals surface area (Å²) in [6, 6.07) is 6.26. The van der Waals surface area contributed by atoms with Crippen LogP contribution >= 0.6 is 0 Å². The summed E-state index contributed by atoms with van der Waals surface area (Å²) >= 11 is 0. The minimum Gasteiger partial charge on any atom is -0.424 e. The first-order chi connectivity index (χ1) is 10.6. The molecule has 0 heterocycles. The van der Waals surface area contributed by atoms with Gasteiger partial charge in [0.25, 0.3) is 5.91 Å². The first kappa shape index (κ1) is 16.5. The Hall–Kier alpha value is -1.88. The van der Waals surface area contributed by atoms with Crippen LogP contribution in [0.25, 0.3) is 0 Å². The van der Waals surface area contributed by atoms with Gasteiger partial charge >= 0.3 is 5.97 Å². The Morgan fingerprint density at radius 3 is 2.59 bits per heavy atom. The zero-order valence-electron chi connectivity index (χ0n) is 12.7. The van der Waals surface area contributed by atoms with Crippen molar-refractivity contribution in [2.45, 2.75) is 51.0 Å². The molecule has 1 aliphatic carbocycles. The fourth-order valence-corrected chi connectivity index (χ4v) is 2.92. The summed E-state index contributed by atoms with van der Waals surface area (Å²) in [6.45, 7) is 0. The maximum atomic E-state index is 11.9. The fourth-order valence-electron chi connectivity index (χ4n) is 2.92. The molecule has 1 saturated carbocycles. The summed E-state index contributed by atoms with van der Waals surface area (Å²) in [5.41, 5.74) is 5.36. The summed E-state index contributed by atoms with van der Waals surface area (Å²) < 4.78 is 5.12. The van der Waals surface area contributed by atoms with Crippen LogP contribution in [0.1, 0.15) is 55.3 Å². The molecule has 0 radical (unpaired) electrons. The minimum absolute atomic E-state index is 0.0942. The average Bonchev–Trinajstić information content (AvgIpc) is 2.53. The molecule has 1 aliphatic rings. The molecular weight excluding hydrogens is 282 g/mol. The van der Waals surface area contributed by atoms with Gasteiger partial charge in [-0.05, 0) is 30.9 Å². The molecule has 3 N–H and O–H groups in total. The number of amides is 1. The number of carbonyl (C=O) groups excluding carboxylic acids is 2. The van der Waals surface area contributed by atoms with Gasteiger partial charge < -0.3 is 15.6 Å². The van der Waals surface area contributed by atoms with E-state index >= 15 is 0 Å². The number of esters is 1. The molecule has 0 saturated heterocycles. The smallest absolute Gasteiger partial charge is 0.340 e. The molecule has 0 bridgehead atoms. The van der Waals surface area contributed by atoms with Crippen molar-refractivity contribution < 1.29 is 19.4 Å². The maximum Gasteiger partial charge on any atom is 0.340 e. The van der Waals surface area contributed by atoms with Crippen LogP contribution in [-0.2, 0) is 4.79 Å². The van der Waals surface area contributed by atoms with E-state index in [2.05, 4.69) is 0 Å². The van der Waals surface area contributed by atoms with Crippen LogP contribution in [0.15, 0.2) is 24.3 Å². The summed E-state index contributed by atoms with van der Waals surface area (Å²) in [7, 11) is 0. The Kier molecular flexibility index (Phi) is 5.95. The van der Waals surface area contributed by atoms with Crippen LogP contribution in [0.4, 0.5) is 0 Å². The van der Waals surface area contributed by atoms with Gasteiger partial charge in [-0.3, -0.25) is 4.79 Å². The lowest BCUT2D eigenvalue weighted by Crippen LogP contribution is -2.27. The minimum atomic E-state index is -1.16. The SMILES string of the molecule is NC(=O)c1ccccc1OC(=O)C(O)CCC1CCCCC1. The Balaban J connectivity index is 1.87. The highest BCUT2D eigenvalue weighted by molar-refractivity contribution is 5.96. The van der Waals surface area contributed by atoms with E-state index in [0.717, 1.165) is 6.42 Å². The number of hydrogen-bond donors (Lipinski definition) is 2. The van der Waals surface area contributed by atoms with Crippen LogP contribution in [0.2, 0.25) is 0 Å². The summed E-state index contributed by atoms with van der Waals surface area (Å²) in [4.78, 5) is 23.2. The lowest BCUT2D eigenvalue weighted by molar-refractivity contribution is -0.144. The zero-order valence-corrected chi connectivity index (χ0v) is 12.7. The average molecular weight is 305 g/mol. The van der Waals surface area contributed by atoms with Crippen molar-refractivity contribution >= 4 is 11.9 Å². The van der Waals surface area contributed by atoms with Crippen molar-refractivity contribution in [3.05, 3.63) is 29.8 Å². The van der Waals surface area contributed by atoms with Crippen molar-refractivity contribution in [1.29, 1.82) is 0 Å². The van der Waals surface area contributed by atoms with E-state index in [1.165, 1.54) is 44.2 Å². The molecule has 5 nitrogen and oxygen atoms in total. The van der Waals surface area contributed by atoms with Gasteiger partial charge in [0.15, 0.2) is 6.10 Å². The topological polar surface area (TPSA) is 89.6 Å². The molecule has 22 heavy (non-hydrogen) atoms. The highest BCUT2D eigenvalue weighted by Crippen LogP contribution is 2.28. The molecule has 1 aromatic carbocycles. The van der Waals surface area contributed by atoms with Crippen molar-refractivity contribution in [2.75, 3.05) is 0 Å². The van der Waals surface area contributed by atoms with Crippen molar-refractivity contribution in [1.82, 2.24) is 0 Å². The van der Waals surface area contributed by atoms with E-state index in [1.807, 2.05) is 0 Å². The summed E-state index contributed by atoms with van der Waals surface area (Å²) in [6.07, 6.45) is 6.15. The van der Waals surface area contributed by atoms with Crippen molar-refractivity contribution in [3.8, 4) is 5.75 Å². The zero-order chi connectivity index (χ0) is 15.9. The molecule has 1 atom stereocenters. The molecular formula is C17H23NO4. The predicted octanol–water partition coefficient (Wildman–Crippen LogP) is 2.41. The molecule has 5 heteroatoms. The number of ether oxygens (including phenoxy) is 1.